The van der Waals surface area contributed by atoms with Gasteiger partial charge in [0.25, 0.3) is 0 Å². The Morgan fingerprint density at radius 2 is 2.15 bits per heavy atom. The predicted molar refractivity (Wildman–Crippen MR) is 82.1 cm³/mol. The Labute approximate surface area is 127 Å². The topological polar surface area (TPSA) is 35.2 Å². The van der Waals surface area contributed by atoms with Gasteiger partial charge in [0.1, 0.15) is 6.10 Å². The first-order valence-corrected chi connectivity index (χ1v) is 7.70. The van der Waals surface area contributed by atoms with E-state index in [1.54, 1.807) is 23.5 Å². The second-order valence-electron chi connectivity index (χ2n) is 4.63. The van der Waals surface area contributed by atoms with Crippen LogP contribution in [0.15, 0.2) is 29.6 Å². The van der Waals surface area contributed by atoms with Gasteiger partial charge in [0.05, 0.1) is 5.02 Å². The highest BCUT2D eigenvalue weighted by Crippen LogP contribution is 2.34. The summed E-state index contributed by atoms with van der Waals surface area (Å²) in [6.45, 7) is 3.98. The molecule has 0 radical (unpaired) electrons. The SMILES string of the molecule is CCC(N)C(Oc1cccc(Cl)c1F)c1sccc1C. The molecule has 1 aromatic carbocycles. The highest BCUT2D eigenvalue weighted by atomic mass is 35.5. The second kappa shape index (κ2) is 6.57. The van der Waals surface area contributed by atoms with Crippen molar-refractivity contribution in [3.8, 4) is 5.75 Å². The minimum Gasteiger partial charge on any atom is -0.480 e. The van der Waals surface area contributed by atoms with Crippen molar-refractivity contribution in [1.82, 2.24) is 0 Å². The summed E-state index contributed by atoms with van der Waals surface area (Å²) in [7, 11) is 0. The number of aryl methyl sites for hydroxylation is 1. The molecule has 0 aliphatic heterocycles. The van der Waals surface area contributed by atoms with Gasteiger partial charge in [-0.25, -0.2) is 4.39 Å². The van der Waals surface area contributed by atoms with E-state index in [0.717, 1.165) is 16.9 Å². The van der Waals surface area contributed by atoms with Crippen LogP contribution in [0.5, 0.6) is 5.75 Å². The fourth-order valence-electron chi connectivity index (χ4n) is 1.94. The molecule has 5 heteroatoms. The molecule has 0 aliphatic rings. The maximum Gasteiger partial charge on any atom is 0.183 e. The maximum atomic E-state index is 14.0. The highest BCUT2D eigenvalue weighted by Gasteiger charge is 2.25. The first-order valence-electron chi connectivity index (χ1n) is 6.44. The van der Waals surface area contributed by atoms with Crippen LogP contribution >= 0.6 is 22.9 Å². The van der Waals surface area contributed by atoms with Crippen molar-refractivity contribution in [2.45, 2.75) is 32.4 Å². The number of benzene rings is 1. The van der Waals surface area contributed by atoms with Crippen LogP contribution in [0.25, 0.3) is 0 Å². The van der Waals surface area contributed by atoms with E-state index >= 15 is 0 Å². The Balaban J connectivity index is 2.34. The third-order valence-electron chi connectivity index (χ3n) is 3.19. The summed E-state index contributed by atoms with van der Waals surface area (Å²) in [6, 6.07) is 6.53. The number of nitrogens with two attached hydrogens (primary N) is 1. The lowest BCUT2D eigenvalue weighted by Crippen LogP contribution is -2.31. The van der Waals surface area contributed by atoms with Gasteiger partial charge in [0.15, 0.2) is 11.6 Å². The Morgan fingerprint density at radius 1 is 1.40 bits per heavy atom. The zero-order valence-electron chi connectivity index (χ0n) is 11.4. The molecule has 0 bridgehead atoms. The summed E-state index contributed by atoms with van der Waals surface area (Å²) in [5.41, 5.74) is 7.24. The van der Waals surface area contributed by atoms with Crippen LogP contribution in [0.1, 0.15) is 29.9 Å². The molecule has 0 aliphatic carbocycles. The van der Waals surface area contributed by atoms with Crippen molar-refractivity contribution < 1.29 is 9.13 Å². The van der Waals surface area contributed by atoms with E-state index in [-0.39, 0.29) is 22.9 Å². The number of ether oxygens (including phenoxy) is 1. The van der Waals surface area contributed by atoms with Gasteiger partial charge in [-0.15, -0.1) is 11.3 Å². The zero-order chi connectivity index (χ0) is 14.7. The summed E-state index contributed by atoms with van der Waals surface area (Å²) >= 11 is 7.35. The fourth-order valence-corrected chi connectivity index (χ4v) is 3.13. The molecule has 2 atom stereocenters. The summed E-state index contributed by atoms with van der Waals surface area (Å²) in [5.74, 6) is -0.407. The van der Waals surface area contributed by atoms with Crippen molar-refractivity contribution in [3.63, 3.8) is 0 Å². The zero-order valence-corrected chi connectivity index (χ0v) is 13.0. The van der Waals surface area contributed by atoms with Gasteiger partial charge in [-0.2, -0.15) is 0 Å². The number of hydrogen-bond acceptors (Lipinski definition) is 3. The van der Waals surface area contributed by atoms with Crippen LogP contribution in [-0.4, -0.2) is 6.04 Å². The molecular weight excluding hydrogens is 297 g/mol. The first kappa shape index (κ1) is 15.3. The van der Waals surface area contributed by atoms with Gasteiger partial charge >= 0.3 is 0 Å². The van der Waals surface area contributed by atoms with Gasteiger partial charge in [0, 0.05) is 10.9 Å². The Hall–Kier alpha value is -1.10. The van der Waals surface area contributed by atoms with Crippen LogP contribution in [0.2, 0.25) is 5.02 Å². The van der Waals surface area contributed by atoms with Crippen LogP contribution in [0.3, 0.4) is 0 Å². The number of rotatable bonds is 5. The minimum absolute atomic E-state index is 0.0502. The lowest BCUT2D eigenvalue weighted by atomic mass is 10.1. The third kappa shape index (κ3) is 3.14. The molecule has 2 aromatic rings. The largest absolute Gasteiger partial charge is 0.480 e. The average molecular weight is 314 g/mol. The van der Waals surface area contributed by atoms with Crippen molar-refractivity contribution in [1.29, 1.82) is 0 Å². The summed E-state index contributed by atoms with van der Waals surface area (Å²) < 4.78 is 19.8. The Morgan fingerprint density at radius 3 is 2.75 bits per heavy atom. The molecule has 2 N–H and O–H groups in total. The smallest absolute Gasteiger partial charge is 0.183 e. The molecule has 2 rings (SSSR count). The highest BCUT2D eigenvalue weighted by molar-refractivity contribution is 7.10. The van der Waals surface area contributed by atoms with Crippen molar-refractivity contribution >= 4 is 22.9 Å². The normalized spacial score (nSPS) is 14.1. The summed E-state index contributed by atoms with van der Waals surface area (Å²) in [4.78, 5) is 1.03. The van der Waals surface area contributed by atoms with Gasteiger partial charge in [-0.3, -0.25) is 0 Å². The third-order valence-corrected chi connectivity index (χ3v) is 4.56. The van der Waals surface area contributed by atoms with Crippen LogP contribution < -0.4 is 10.5 Å². The lowest BCUT2D eigenvalue weighted by Gasteiger charge is -2.24. The Bertz CT molecular complexity index is 587. The molecule has 20 heavy (non-hydrogen) atoms. The molecule has 0 amide bonds. The van der Waals surface area contributed by atoms with E-state index in [1.165, 1.54) is 6.07 Å². The molecule has 1 aromatic heterocycles. The van der Waals surface area contributed by atoms with E-state index in [1.807, 2.05) is 25.3 Å². The summed E-state index contributed by atoms with van der Waals surface area (Å²) in [5, 5.41) is 2.03. The Kier molecular flexibility index (Phi) is 5.02. The van der Waals surface area contributed by atoms with Crippen molar-refractivity contribution in [2.24, 2.45) is 5.73 Å². The van der Waals surface area contributed by atoms with E-state index in [4.69, 9.17) is 22.1 Å². The quantitative estimate of drug-likeness (QED) is 0.868. The number of thiophene rings is 1. The van der Waals surface area contributed by atoms with Crippen molar-refractivity contribution in [3.05, 3.63) is 50.9 Å². The molecule has 0 spiro atoms. The van der Waals surface area contributed by atoms with Gasteiger partial charge in [-0.05, 0) is 42.5 Å². The predicted octanol–water partition coefficient (Wildman–Crippen LogP) is 4.71. The van der Waals surface area contributed by atoms with E-state index in [2.05, 4.69) is 0 Å². The van der Waals surface area contributed by atoms with Gasteiger partial charge in [-0.1, -0.05) is 24.6 Å². The van der Waals surface area contributed by atoms with Crippen LogP contribution in [0, 0.1) is 12.7 Å². The van der Waals surface area contributed by atoms with E-state index in [9.17, 15) is 4.39 Å². The summed E-state index contributed by atoms with van der Waals surface area (Å²) in [6.07, 6.45) is 0.373. The monoisotopic (exact) mass is 313 g/mol. The molecule has 2 nitrogen and oxygen atoms in total. The molecular formula is C15H17ClFNOS. The average Bonchev–Trinajstić information content (AvgIpc) is 2.86. The van der Waals surface area contributed by atoms with Gasteiger partial charge < -0.3 is 10.5 Å². The molecule has 108 valence electrons. The molecule has 0 fully saturated rings. The van der Waals surface area contributed by atoms with Crippen molar-refractivity contribution in [2.75, 3.05) is 0 Å². The molecule has 2 unspecified atom stereocenters. The molecule has 0 saturated carbocycles. The first-order chi connectivity index (χ1) is 9.54. The minimum atomic E-state index is -0.545. The number of hydrogen-bond donors (Lipinski definition) is 1. The second-order valence-corrected chi connectivity index (χ2v) is 5.99. The lowest BCUT2D eigenvalue weighted by molar-refractivity contribution is 0.166. The molecule has 0 saturated heterocycles. The van der Waals surface area contributed by atoms with Crippen LogP contribution in [0.4, 0.5) is 4.39 Å². The van der Waals surface area contributed by atoms with E-state index < -0.39 is 5.82 Å². The van der Waals surface area contributed by atoms with Gasteiger partial charge in [0.2, 0.25) is 0 Å². The maximum absolute atomic E-state index is 14.0. The standard InChI is InChI=1S/C15H17ClFNOS/c1-3-11(18)14(15-9(2)7-8-20-15)19-12-6-4-5-10(16)13(12)17/h4-8,11,14H,3,18H2,1-2H3. The number of halogens is 2. The van der Waals surface area contributed by atoms with Crippen LogP contribution in [-0.2, 0) is 0 Å². The fraction of sp³-hybridized carbons (Fsp3) is 0.333. The van der Waals surface area contributed by atoms with E-state index in [0.29, 0.717) is 0 Å². The molecule has 1 heterocycles.